The van der Waals surface area contributed by atoms with E-state index < -0.39 is 0 Å². The molecule has 2 rings (SSSR count). The van der Waals surface area contributed by atoms with E-state index in [0.29, 0.717) is 17.7 Å². The molecule has 1 aromatic rings. The van der Waals surface area contributed by atoms with Crippen LogP contribution in [-0.2, 0) is 0 Å². The van der Waals surface area contributed by atoms with Crippen LogP contribution in [0, 0.1) is 5.92 Å². The van der Waals surface area contributed by atoms with Crippen LogP contribution in [0.3, 0.4) is 0 Å². The van der Waals surface area contributed by atoms with Crippen LogP contribution in [-0.4, -0.2) is 34.8 Å². The number of rotatable bonds is 4. The maximum absolute atomic E-state index is 9.10. The molecule has 1 atom stereocenters. The first-order valence-corrected chi connectivity index (χ1v) is 7.09. The Kier molecular flexibility index (Phi) is 4.58. The van der Waals surface area contributed by atoms with Crippen molar-refractivity contribution in [1.29, 1.82) is 0 Å². The van der Waals surface area contributed by atoms with E-state index in [1.807, 2.05) is 0 Å². The average molecular weight is 264 g/mol. The summed E-state index contributed by atoms with van der Waals surface area (Å²) in [6.45, 7) is 6.47. The molecule has 0 radical (unpaired) electrons. The number of piperidine rings is 1. The van der Waals surface area contributed by atoms with Crippen molar-refractivity contribution in [2.75, 3.05) is 30.3 Å². The summed E-state index contributed by atoms with van der Waals surface area (Å²) in [6, 6.07) is 0. The summed E-state index contributed by atoms with van der Waals surface area (Å²) in [6.07, 6.45) is 4.75. The number of aliphatic hydroxyl groups excluding tert-OH is 1. The predicted octanol–water partition coefficient (Wildman–Crippen LogP) is 1.78. The molecule has 0 spiro atoms. The highest BCUT2D eigenvalue weighted by Gasteiger charge is 2.24. The van der Waals surface area contributed by atoms with E-state index in [4.69, 9.17) is 10.8 Å². The van der Waals surface area contributed by atoms with Gasteiger partial charge in [-0.2, -0.15) is 0 Å². The van der Waals surface area contributed by atoms with Gasteiger partial charge in [-0.15, -0.1) is 0 Å². The molecule has 1 unspecified atom stereocenters. The summed E-state index contributed by atoms with van der Waals surface area (Å²) in [5, 5.41) is 9.10. The van der Waals surface area contributed by atoms with E-state index in [9.17, 15) is 0 Å². The largest absolute Gasteiger partial charge is 0.396 e. The molecule has 19 heavy (non-hydrogen) atoms. The number of aliphatic hydroxyl groups is 1. The second kappa shape index (κ2) is 6.19. The molecule has 0 aromatic carbocycles. The standard InChI is InChI=1S/C14H24N4O/c1-10(2)12-13(15)16-9-17-14(12)18-6-3-4-11(8-18)5-7-19/h9-11,19H,3-8H2,1-2H3,(H2,15,16,17). The number of hydrogen-bond acceptors (Lipinski definition) is 5. The smallest absolute Gasteiger partial charge is 0.137 e. The Morgan fingerprint density at radius 3 is 2.95 bits per heavy atom. The van der Waals surface area contributed by atoms with Crippen LogP contribution in [0.25, 0.3) is 0 Å². The highest BCUT2D eigenvalue weighted by atomic mass is 16.3. The second-order valence-electron chi connectivity index (χ2n) is 5.62. The third-order valence-corrected chi connectivity index (χ3v) is 3.83. The van der Waals surface area contributed by atoms with Crippen LogP contribution in [0.5, 0.6) is 0 Å². The zero-order chi connectivity index (χ0) is 13.8. The Morgan fingerprint density at radius 2 is 2.26 bits per heavy atom. The Morgan fingerprint density at radius 1 is 1.47 bits per heavy atom. The average Bonchev–Trinajstić information content (AvgIpc) is 2.38. The van der Waals surface area contributed by atoms with E-state index in [2.05, 4.69) is 28.7 Å². The van der Waals surface area contributed by atoms with Crippen molar-refractivity contribution >= 4 is 11.6 Å². The fourth-order valence-corrected chi connectivity index (χ4v) is 2.88. The SMILES string of the molecule is CC(C)c1c(N)ncnc1N1CCCC(CCO)C1. The Balaban J connectivity index is 2.23. The summed E-state index contributed by atoms with van der Waals surface area (Å²) < 4.78 is 0. The maximum Gasteiger partial charge on any atom is 0.137 e. The number of aromatic nitrogens is 2. The molecule has 1 aromatic heterocycles. The number of nitrogens with zero attached hydrogens (tertiary/aromatic N) is 3. The number of hydrogen-bond donors (Lipinski definition) is 2. The van der Waals surface area contributed by atoms with Crippen LogP contribution >= 0.6 is 0 Å². The minimum atomic E-state index is 0.265. The highest BCUT2D eigenvalue weighted by Crippen LogP contribution is 2.32. The van der Waals surface area contributed by atoms with Gasteiger partial charge in [0.05, 0.1) is 0 Å². The lowest BCUT2D eigenvalue weighted by Gasteiger charge is -2.35. The van der Waals surface area contributed by atoms with Gasteiger partial charge in [0.1, 0.15) is 18.0 Å². The molecule has 1 saturated heterocycles. The fraction of sp³-hybridized carbons (Fsp3) is 0.714. The van der Waals surface area contributed by atoms with E-state index in [0.717, 1.165) is 37.3 Å². The molecular weight excluding hydrogens is 240 g/mol. The normalized spacial score (nSPS) is 20.0. The third kappa shape index (κ3) is 3.15. The van der Waals surface area contributed by atoms with Gasteiger partial charge >= 0.3 is 0 Å². The number of nitrogens with two attached hydrogens (primary N) is 1. The first kappa shape index (κ1) is 14.1. The molecule has 2 heterocycles. The molecule has 0 amide bonds. The predicted molar refractivity (Wildman–Crippen MR) is 77.2 cm³/mol. The van der Waals surface area contributed by atoms with E-state index in [-0.39, 0.29) is 6.61 Å². The van der Waals surface area contributed by atoms with Gasteiger partial charge in [-0.1, -0.05) is 13.8 Å². The molecule has 106 valence electrons. The third-order valence-electron chi connectivity index (χ3n) is 3.83. The van der Waals surface area contributed by atoms with Crippen LogP contribution in [0.15, 0.2) is 6.33 Å². The van der Waals surface area contributed by atoms with Crippen molar-refractivity contribution in [1.82, 2.24) is 9.97 Å². The summed E-state index contributed by atoms with van der Waals surface area (Å²) in [5.41, 5.74) is 7.05. The first-order valence-electron chi connectivity index (χ1n) is 7.09. The summed E-state index contributed by atoms with van der Waals surface area (Å²) in [7, 11) is 0. The molecule has 3 N–H and O–H groups in total. The Labute approximate surface area is 114 Å². The monoisotopic (exact) mass is 264 g/mol. The van der Waals surface area contributed by atoms with Crippen molar-refractivity contribution in [3.05, 3.63) is 11.9 Å². The Bertz CT molecular complexity index is 420. The van der Waals surface area contributed by atoms with Gasteiger partial charge < -0.3 is 15.7 Å². The van der Waals surface area contributed by atoms with Crippen molar-refractivity contribution in [2.45, 2.75) is 39.0 Å². The van der Waals surface area contributed by atoms with Crippen LogP contribution < -0.4 is 10.6 Å². The second-order valence-corrected chi connectivity index (χ2v) is 5.62. The highest BCUT2D eigenvalue weighted by molar-refractivity contribution is 5.58. The summed E-state index contributed by atoms with van der Waals surface area (Å²) >= 11 is 0. The fourth-order valence-electron chi connectivity index (χ4n) is 2.88. The number of nitrogen functional groups attached to an aromatic ring is 1. The molecule has 1 aliphatic heterocycles. The van der Waals surface area contributed by atoms with Crippen molar-refractivity contribution in [2.24, 2.45) is 5.92 Å². The molecule has 5 nitrogen and oxygen atoms in total. The first-order chi connectivity index (χ1) is 9.13. The topological polar surface area (TPSA) is 75.3 Å². The van der Waals surface area contributed by atoms with Crippen LogP contribution in [0.2, 0.25) is 0 Å². The molecule has 0 saturated carbocycles. The van der Waals surface area contributed by atoms with Crippen LogP contribution in [0.4, 0.5) is 11.6 Å². The maximum atomic E-state index is 9.10. The minimum absolute atomic E-state index is 0.265. The Hall–Kier alpha value is -1.36. The van der Waals surface area contributed by atoms with E-state index >= 15 is 0 Å². The van der Waals surface area contributed by atoms with Crippen molar-refractivity contribution < 1.29 is 5.11 Å². The lowest BCUT2D eigenvalue weighted by atomic mass is 9.94. The van der Waals surface area contributed by atoms with Gasteiger partial charge in [-0.25, -0.2) is 9.97 Å². The van der Waals surface area contributed by atoms with E-state index in [1.165, 1.54) is 6.42 Å². The van der Waals surface area contributed by atoms with Gasteiger partial charge in [-0.3, -0.25) is 0 Å². The summed E-state index contributed by atoms with van der Waals surface area (Å²) in [4.78, 5) is 10.9. The van der Waals surface area contributed by atoms with Gasteiger partial charge in [0.15, 0.2) is 0 Å². The lowest BCUT2D eigenvalue weighted by Crippen LogP contribution is -2.37. The zero-order valence-electron chi connectivity index (χ0n) is 11.8. The molecule has 5 heteroatoms. The summed E-state index contributed by atoms with van der Waals surface area (Å²) in [5.74, 6) is 2.43. The molecular formula is C14H24N4O. The van der Waals surface area contributed by atoms with Crippen molar-refractivity contribution in [3.63, 3.8) is 0 Å². The lowest BCUT2D eigenvalue weighted by molar-refractivity contribution is 0.244. The van der Waals surface area contributed by atoms with Gasteiger partial charge in [0.25, 0.3) is 0 Å². The molecule has 0 bridgehead atoms. The van der Waals surface area contributed by atoms with E-state index in [1.54, 1.807) is 6.33 Å². The van der Waals surface area contributed by atoms with Gasteiger partial charge in [-0.05, 0) is 31.1 Å². The molecule has 1 aliphatic rings. The quantitative estimate of drug-likeness (QED) is 0.867. The minimum Gasteiger partial charge on any atom is -0.396 e. The van der Waals surface area contributed by atoms with Gasteiger partial charge in [0.2, 0.25) is 0 Å². The number of anilines is 2. The molecule has 0 aliphatic carbocycles. The zero-order valence-corrected chi connectivity index (χ0v) is 11.8. The molecule has 1 fully saturated rings. The van der Waals surface area contributed by atoms with Gasteiger partial charge in [0, 0.05) is 25.3 Å². The van der Waals surface area contributed by atoms with Crippen LogP contribution in [0.1, 0.15) is 44.6 Å². The van der Waals surface area contributed by atoms with Crippen molar-refractivity contribution in [3.8, 4) is 0 Å².